The SMILES string of the molecule is CC(C)c1cc(-c2nc(-c3ccc(F)cc3F)c3ccccn23)n[nH]1. The van der Waals surface area contributed by atoms with Crippen LogP contribution in [0.15, 0.2) is 48.7 Å². The van der Waals surface area contributed by atoms with E-state index in [1.807, 2.05) is 34.9 Å². The van der Waals surface area contributed by atoms with Gasteiger partial charge in [-0.15, -0.1) is 0 Å². The third kappa shape index (κ3) is 2.59. The van der Waals surface area contributed by atoms with E-state index in [9.17, 15) is 8.78 Å². The van der Waals surface area contributed by atoms with Gasteiger partial charge in [-0.05, 0) is 36.2 Å². The van der Waals surface area contributed by atoms with Gasteiger partial charge in [-0.2, -0.15) is 5.10 Å². The Morgan fingerprint density at radius 1 is 1.08 bits per heavy atom. The second-order valence-electron chi connectivity index (χ2n) is 6.23. The molecule has 4 aromatic rings. The largest absolute Gasteiger partial charge is 0.298 e. The first kappa shape index (κ1) is 15.5. The molecule has 0 amide bonds. The van der Waals surface area contributed by atoms with Crippen LogP contribution in [0.4, 0.5) is 8.78 Å². The fourth-order valence-corrected chi connectivity index (χ4v) is 2.85. The van der Waals surface area contributed by atoms with Gasteiger partial charge < -0.3 is 0 Å². The van der Waals surface area contributed by atoms with Gasteiger partial charge in [-0.1, -0.05) is 19.9 Å². The number of halogens is 2. The highest BCUT2D eigenvalue weighted by Gasteiger charge is 2.19. The molecule has 25 heavy (non-hydrogen) atoms. The van der Waals surface area contributed by atoms with Crippen molar-refractivity contribution in [3.05, 3.63) is 66.0 Å². The number of pyridine rings is 1. The molecular weight excluding hydrogens is 322 g/mol. The average molecular weight is 338 g/mol. The lowest BCUT2D eigenvalue weighted by Gasteiger charge is -2.01. The Balaban J connectivity index is 1.95. The molecule has 0 fully saturated rings. The zero-order chi connectivity index (χ0) is 17.6. The number of rotatable bonds is 3. The third-order valence-corrected chi connectivity index (χ3v) is 4.18. The van der Waals surface area contributed by atoms with Crippen LogP contribution in [-0.4, -0.2) is 19.6 Å². The number of aromatic nitrogens is 4. The van der Waals surface area contributed by atoms with Crippen molar-refractivity contribution < 1.29 is 8.78 Å². The third-order valence-electron chi connectivity index (χ3n) is 4.18. The van der Waals surface area contributed by atoms with E-state index in [0.717, 1.165) is 17.3 Å². The average Bonchev–Trinajstić information content (AvgIpc) is 3.20. The van der Waals surface area contributed by atoms with Crippen molar-refractivity contribution in [2.24, 2.45) is 0 Å². The number of hydrogen-bond donors (Lipinski definition) is 1. The lowest BCUT2D eigenvalue weighted by molar-refractivity contribution is 0.585. The maximum atomic E-state index is 14.3. The first-order chi connectivity index (χ1) is 12.0. The molecule has 0 saturated carbocycles. The Bertz CT molecular complexity index is 1060. The quantitative estimate of drug-likeness (QED) is 0.583. The molecule has 126 valence electrons. The number of imidazole rings is 1. The minimum Gasteiger partial charge on any atom is -0.298 e. The molecule has 4 nitrogen and oxygen atoms in total. The zero-order valence-corrected chi connectivity index (χ0v) is 13.8. The second-order valence-corrected chi connectivity index (χ2v) is 6.23. The van der Waals surface area contributed by atoms with Crippen LogP contribution >= 0.6 is 0 Å². The summed E-state index contributed by atoms with van der Waals surface area (Å²) in [6.45, 7) is 4.14. The minimum absolute atomic E-state index is 0.260. The molecule has 0 atom stereocenters. The Morgan fingerprint density at radius 2 is 1.92 bits per heavy atom. The molecule has 4 rings (SSSR count). The summed E-state index contributed by atoms with van der Waals surface area (Å²) in [4.78, 5) is 4.61. The molecule has 0 aliphatic carbocycles. The standard InChI is InChI=1S/C19H16F2N4/c1-11(2)15-10-16(24-23-15)19-22-18(17-5-3-4-8-25(17)19)13-7-6-12(20)9-14(13)21/h3-11H,1-2H3,(H,23,24). The number of aromatic amines is 1. The van der Waals surface area contributed by atoms with E-state index >= 15 is 0 Å². The molecule has 3 aromatic heterocycles. The van der Waals surface area contributed by atoms with Crippen LogP contribution in [-0.2, 0) is 0 Å². The van der Waals surface area contributed by atoms with E-state index in [0.29, 0.717) is 23.1 Å². The van der Waals surface area contributed by atoms with Crippen LogP contribution < -0.4 is 0 Å². The molecule has 1 aromatic carbocycles. The van der Waals surface area contributed by atoms with Gasteiger partial charge in [0, 0.05) is 23.5 Å². The second kappa shape index (κ2) is 5.81. The first-order valence-corrected chi connectivity index (χ1v) is 8.03. The number of H-pyrrole nitrogens is 1. The van der Waals surface area contributed by atoms with Gasteiger partial charge in [0.1, 0.15) is 17.3 Å². The molecule has 0 unspecified atom stereocenters. The summed E-state index contributed by atoms with van der Waals surface area (Å²) in [7, 11) is 0. The van der Waals surface area contributed by atoms with Crippen molar-refractivity contribution in [3.8, 4) is 22.8 Å². The smallest absolute Gasteiger partial charge is 0.165 e. The van der Waals surface area contributed by atoms with E-state index in [1.165, 1.54) is 12.1 Å². The van der Waals surface area contributed by atoms with E-state index in [4.69, 9.17) is 0 Å². The van der Waals surface area contributed by atoms with Gasteiger partial charge in [-0.25, -0.2) is 13.8 Å². The first-order valence-electron chi connectivity index (χ1n) is 8.03. The van der Waals surface area contributed by atoms with Crippen molar-refractivity contribution in [1.82, 2.24) is 19.6 Å². The monoisotopic (exact) mass is 338 g/mol. The maximum absolute atomic E-state index is 14.3. The fourth-order valence-electron chi connectivity index (χ4n) is 2.85. The molecule has 0 bridgehead atoms. The summed E-state index contributed by atoms with van der Waals surface area (Å²) in [5, 5.41) is 7.35. The van der Waals surface area contributed by atoms with Crippen LogP contribution in [0.3, 0.4) is 0 Å². The van der Waals surface area contributed by atoms with Crippen LogP contribution in [0.1, 0.15) is 25.5 Å². The fraction of sp³-hybridized carbons (Fsp3) is 0.158. The van der Waals surface area contributed by atoms with Crippen molar-refractivity contribution in [2.45, 2.75) is 19.8 Å². The predicted molar refractivity (Wildman–Crippen MR) is 92.2 cm³/mol. The molecule has 1 N–H and O–H groups in total. The number of fused-ring (bicyclic) bond motifs is 1. The summed E-state index contributed by atoms with van der Waals surface area (Å²) in [6, 6.07) is 11.0. The lowest BCUT2D eigenvalue weighted by atomic mass is 10.1. The van der Waals surface area contributed by atoms with Crippen molar-refractivity contribution >= 4 is 5.52 Å². The van der Waals surface area contributed by atoms with Crippen LogP contribution in [0, 0.1) is 11.6 Å². The van der Waals surface area contributed by atoms with Crippen molar-refractivity contribution in [3.63, 3.8) is 0 Å². The lowest BCUT2D eigenvalue weighted by Crippen LogP contribution is -1.88. The molecule has 0 aliphatic heterocycles. The predicted octanol–water partition coefficient (Wildman–Crippen LogP) is 4.79. The Kier molecular flexibility index (Phi) is 3.60. The molecule has 6 heteroatoms. The Morgan fingerprint density at radius 3 is 2.64 bits per heavy atom. The van der Waals surface area contributed by atoms with Gasteiger partial charge in [0.05, 0.1) is 11.2 Å². The highest BCUT2D eigenvalue weighted by Crippen LogP contribution is 2.31. The summed E-state index contributed by atoms with van der Waals surface area (Å²) < 4.78 is 29.4. The van der Waals surface area contributed by atoms with E-state index in [1.54, 1.807) is 0 Å². The van der Waals surface area contributed by atoms with E-state index in [2.05, 4.69) is 29.0 Å². The highest BCUT2D eigenvalue weighted by atomic mass is 19.1. The number of benzene rings is 1. The Hall–Kier alpha value is -3.02. The minimum atomic E-state index is -0.639. The van der Waals surface area contributed by atoms with E-state index < -0.39 is 11.6 Å². The number of hydrogen-bond acceptors (Lipinski definition) is 2. The Labute approximate surface area is 143 Å². The molecule has 0 spiro atoms. The normalized spacial score (nSPS) is 11.6. The number of nitrogens with one attached hydrogen (secondary N) is 1. The van der Waals surface area contributed by atoms with Gasteiger partial charge in [-0.3, -0.25) is 9.50 Å². The van der Waals surface area contributed by atoms with Crippen LogP contribution in [0.5, 0.6) is 0 Å². The maximum Gasteiger partial charge on any atom is 0.165 e. The summed E-state index contributed by atoms with van der Waals surface area (Å²) in [5.74, 6) is -0.335. The molecular formula is C19H16F2N4. The highest BCUT2D eigenvalue weighted by molar-refractivity contribution is 5.81. The summed E-state index contributed by atoms with van der Waals surface area (Å²) in [5.41, 5.74) is 3.13. The van der Waals surface area contributed by atoms with Crippen molar-refractivity contribution in [2.75, 3.05) is 0 Å². The van der Waals surface area contributed by atoms with Gasteiger partial charge in [0.2, 0.25) is 0 Å². The summed E-state index contributed by atoms with van der Waals surface area (Å²) in [6.07, 6.45) is 1.85. The topological polar surface area (TPSA) is 46.0 Å². The van der Waals surface area contributed by atoms with Gasteiger partial charge in [0.15, 0.2) is 5.82 Å². The zero-order valence-electron chi connectivity index (χ0n) is 13.8. The molecule has 0 radical (unpaired) electrons. The van der Waals surface area contributed by atoms with Gasteiger partial charge >= 0.3 is 0 Å². The molecule has 0 saturated heterocycles. The van der Waals surface area contributed by atoms with Crippen molar-refractivity contribution in [1.29, 1.82) is 0 Å². The molecule has 3 heterocycles. The van der Waals surface area contributed by atoms with Gasteiger partial charge in [0.25, 0.3) is 0 Å². The number of nitrogens with zero attached hydrogens (tertiary/aromatic N) is 3. The summed E-state index contributed by atoms with van der Waals surface area (Å²) >= 11 is 0. The van der Waals surface area contributed by atoms with Crippen LogP contribution in [0.2, 0.25) is 0 Å². The molecule has 0 aliphatic rings. The van der Waals surface area contributed by atoms with Crippen LogP contribution in [0.25, 0.3) is 28.3 Å². The van der Waals surface area contributed by atoms with E-state index in [-0.39, 0.29) is 5.56 Å².